The number of halogens is 3. The lowest BCUT2D eigenvalue weighted by molar-refractivity contribution is -0.150. The number of anilines is 1. The molecule has 0 spiro atoms. The number of thioether (sulfide) groups is 1. The van der Waals surface area contributed by atoms with Crippen LogP contribution in [0.4, 0.5) is 18.9 Å². The van der Waals surface area contributed by atoms with E-state index in [0.29, 0.717) is 0 Å². The van der Waals surface area contributed by atoms with E-state index in [9.17, 15) is 22.8 Å². The number of carbonyl (C=O) groups excluding carboxylic acids is 2. The molecule has 0 aromatic heterocycles. The summed E-state index contributed by atoms with van der Waals surface area (Å²) >= 11 is 1.32. The second-order valence-electron chi connectivity index (χ2n) is 6.25. The topological polar surface area (TPSA) is 55.4 Å². The maximum Gasteiger partial charge on any atom is 0.416 e. The van der Waals surface area contributed by atoms with Gasteiger partial charge in [-0.3, -0.25) is 9.59 Å². The Morgan fingerprint density at radius 2 is 1.75 bits per heavy atom. The number of alkyl halides is 3. The number of benzene rings is 2. The van der Waals surface area contributed by atoms with E-state index in [1.165, 1.54) is 18.7 Å². The van der Waals surface area contributed by atoms with Gasteiger partial charge in [0.25, 0.3) is 5.91 Å². The van der Waals surface area contributed by atoms with Crippen LogP contribution < -0.4 is 5.32 Å². The molecule has 28 heavy (non-hydrogen) atoms. The summed E-state index contributed by atoms with van der Waals surface area (Å²) in [6.07, 6.45) is -5.52. The molecule has 2 rings (SSSR count). The first kappa shape index (κ1) is 21.8. The molecule has 0 aliphatic rings. The van der Waals surface area contributed by atoms with Crippen molar-refractivity contribution >= 4 is 29.3 Å². The lowest BCUT2D eigenvalue weighted by Gasteiger charge is -2.14. The third-order valence-electron chi connectivity index (χ3n) is 3.85. The maximum absolute atomic E-state index is 12.5. The van der Waals surface area contributed by atoms with Crippen LogP contribution in [0.1, 0.15) is 23.6 Å². The molecule has 0 aliphatic carbocycles. The molecule has 150 valence electrons. The summed E-state index contributed by atoms with van der Waals surface area (Å²) < 4.78 is 42.7. The average molecular weight is 411 g/mol. The zero-order chi connectivity index (χ0) is 20.9. The van der Waals surface area contributed by atoms with E-state index in [4.69, 9.17) is 4.74 Å². The van der Waals surface area contributed by atoms with Crippen molar-refractivity contribution in [2.75, 3.05) is 11.1 Å². The number of aryl methyl sites for hydroxylation is 2. The standard InChI is InChI=1S/C20H20F3NO3S/c1-12-4-5-13(2)17(10-12)28-11-18(25)27-14(3)19(26)24-16-8-6-15(7-9-16)20(21,22)23/h4-10,14H,11H2,1-3H3,(H,24,26)/t14-/m0/s1. The van der Waals surface area contributed by atoms with E-state index in [1.54, 1.807) is 0 Å². The van der Waals surface area contributed by atoms with Gasteiger partial charge in [0.05, 0.1) is 11.3 Å². The summed E-state index contributed by atoms with van der Waals surface area (Å²) in [4.78, 5) is 25.0. The fraction of sp³-hybridized carbons (Fsp3) is 0.300. The highest BCUT2D eigenvalue weighted by molar-refractivity contribution is 8.00. The van der Waals surface area contributed by atoms with Gasteiger partial charge in [-0.1, -0.05) is 17.7 Å². The summed E-state index contributed by atoms with van der Waals surface area (Å²) in [5.41, 5.74) is 1.49. The van der Waals surface area contributed by atoms with E-state index in [1.807, 2.05) is 32.0 Å². The monoisotopic (exact) mass is 411 g/mol. The molecular weight excluding hydrogens is 391 g/mol. The predicted molar refractivity (Wildman–Crippen MR) is 102 cm³/mol. The van der Waals surface area contributed by atoms with Gasteiger partial charge in [-0.15, -0.1) is 11.8 Å². The molecule has 1 amide bonds. The zero-order valence-electron chi connectivity index (χ0n) is 15.6. The quantitative estimate of drug-likeness (QED) is 0.538. The number of amides is 1. The maximum atomic E-state index is 12.5. The predicted octanol–water partition coefficient (Wildman–Crippen LogP) is 4.98. The first-order chi connectivity index (χ1) is 13.1. The van der Waals surface area contributed by atoms with Crippen LogP contribution in [-0.4, -0.2) is 23.7 Å². The summed E-state index contributed by atoms with van der Waals surface area (Å²) in [7, 11) is 0. The highest BCUT2D eigenvalue weighted by Crippen LogP contribution is 2.30. The minimum atomic E-state index is -4.45. The van der Waals surface area contributed by atoms with Gasteiger partial charge < -0.3 is 10.1 Å². The zero-order valence-corrected chi connectivity index (χ0v) is 16.4. The van der Waals surface area contributed by atoms with Gasteiger partial charge in [0, 0.05) is 10.6 Å². The second kappa shape index (κ2) is 9.14. The minimum Gasteiger partial charge on any atom is -0.452 e. The third kappa shape index (κ3) is 6.30. The molecule has 0 saturated heterocycles. The second-order valence-corrected chi connectivity index (χ2v) is 7.27. The number of nitrogens with one attached hydrogen (secondary N) is 1. The van der Waals surface area contributed by atoms with Crippen molar-refractivity contribution in [3.8, 4) is 0 Å². The van der Waals surface area contributed by atoms with Gasteiger partial charge >= 0.3 is 12.1 Å². The number of rotatable bonds is 6. The van der Waals surface area contributed by atoms with Gasteiger partial charge in [0.15, 0.2) is 6.10 Å². The summed E-state index contributed by atoms with van der Waals surface area (Å²) in [5, 5.41) is 2.43. The Morgan fingerprint density at radius 1 is 1.11 bits per heavy atom. The lowest BCUT2D eigenvalue weighted by Crippen LogP contribution is -2.30. The van der Waals surface area contributed by atoms with E-state index in [0.717, 1.165) is 40.3 Å². The Balaban J connectivity index is 1.86. The van der Waals surface area contributed by atoms with Crippen molar-refractivity contribution in [1.29, 1.82) is 0 Å². The first-order valence-electron chi connectivity index (χ1n) is 8.44. The van der Waals surface area contributed by atoms with Gasteiger partial charge in [0.2, 0.25) is 0 Å². The van der Waals surface area contributed by atoms with Crippen molar-refractivity contribution in [3.05, 3.63) is 59.2 Å². The number of carbonyl (C=O) groups is 2. The largest absolute Gasteiger partial charge is 0.452 e. The van der Waals surface area contributed by atoms with Gasteiger partial charge in [0.1, 0.15) is 0 Å². The number of esters is 1. The number of hydrogen-bond acceptors (Lipinski definition) is 4. The Hall–Kier alpha value is -2.48. The molecule has 1 atom stereocenters. The van der Waals surface area contributed by atoms with Crippen LogP contribution in [0.5, 0.6) is 0 Å². The molecule has 0 radical (unpaired) electrons. The molecule has 0 heterocycles. The van der Waals surface area contributed by atoms with Crippen molar-refractivity contribution in [2.45, 2.75) is 37.9 Å². The SMILES string of the molecule is Cc1ccc(C)c(SCC(=O)O[C@@H](C)C(=O)Nc2ccc(C(F)(F)F)cc2)c1. The fourth-order valence-corrected chi connectivity index (χ4v) is 3.18. The van der Waals surface area contributed by atoms with Crippen LogP contribution in [0.15, 0.2) is 47.4 Å². The molecule has 2 aromatic rings. The van der Waals surface area contributed by atoms with Crippen LogP contribution >= 0.6 is 11.8 Å². The summed E-state index contributed by atoms with van der Waals surface area (Å²) in [5.74, 6) is -1.13. The smallest absolute Gasteiger partial charge is 0.416 e. The van der Waals surface area contributed by atoms with E-state index in [2.05, 4.69) is 5.32 Å². The summed E-state index contributed by atoms with van der Waals surface area (Å²) in [6, 6.07) is 9.93. The average Bonchev–Trinajstić information content (AvgIpc) is 2.62. The lowest BCUT2D eigenvalue weighted by atomic mass is 10.2. The number of ether oxygens (including phenoxy) is 1. The molecule has 8 heteroatoms. The van der Waals surface area contributed by atoms with Gasteiger partial charge in [-0.25, -0.2) is 0 Å². The van der Waals surface area contributed by atoms with Crippen LogP contribution in [0, 0.1) is 13.8 Å². The van der Waals surface area contributed by atoms with E-state index in [-0.39, 0.29) is 11.4 Å². The normalized spacial score (nSPS) is 12.4. The minimum absolute atomic E-state index is 0.0438. The molecule has 0 bridgehead atoms. The fourth-order valence-electron chi connectivity index (χ4n) is 2.27. The van der Waals surface area contributed by atoms with Crippen molar-refractivity contribution in [2.24, 2.45) is 0 Å². The molecule has 1 N–H and O–H groups in total. The third-order valence-corrected chi connectivity index (χ3v) is 4.98. The molecule has 0 fully saturated rings. The van der Waals surface area contributed by atoms with Crippen LogP contribution in [0.3, 0.4) is 0 Å². The van der Waals surface area contributed by atoms with E-state index < -0.39 is 29.7 Å². The van der Waals surface area contributed by atoms with Gasteiger partial charge in [-0.05, 0) is 56.7 Å². The molecule has 4 nitrogen and oxygen atoms in total. The highest BCUT2D eigenvalue weighted by atomic mass is 32.2. The molecular formula is C20H20F3NO3S. The van der Waals surface area contributed by atoms with Crippen molar-refractivity contribution < 1.29 is 27.5 Å². The first-order valence-corrected chi connectivity index (χ1v) is 9.42. The van der Waals surface area contributed by atoms with Crippen molar-refractivity contribution in [1.82, 2.24) is 0 Å². The molecule has 0 aliphatic heterocycles. The van der Waals surface area contributed by atoms with Crippen LogP contribution in [0.25, 0.3) is 0 Å². The Kier molecular flexibility index (Phi) is 7.12. The molecule has 0 unspecified atom stereocenters. The van der Waals surface area contributed by atoms with Gasteiger partial charge in [-0.2, -0.15) is 13.2 Å². The summed E-state index contributed by atoms with van der Waals surface area (Å²) in [6.45, 7) is 5.29. The Morgan fingerprint density at radius 3 is 2.36 bits per heavy atom. The molecule has 2 aromatic carbocycles. The van der Waals surface area contributed by atoms with Crippen LogP contribution in [0.2, 0.25) is 0 Å². The number of hydrogen-bond donors (Lipinski definition) is 1. The van der Waals surface area contributed by atoms with Crippen LogP contribution in [-0.2, 0) is 20.5 Å². The van der Waals surface area contributed by atoms with E-state index >= 15 is 0 Å². The Bertz CT molecular complexity index is 851. The van der Waals surface area contributed by atoms with Crippen molar-refractivity contribution in [3.63, 3.8) is 0 Å². The molecule has 0 saturated carbocycles. The highest BCUT2D eigenvalue weighted by Gasteiger charge is 2.30. The Labute approximate surface area is 165 Å².